The lowest BCUT2D eigenvalue weighted by atomic mass is 9.32. The smallest absolute Gasteiger partial charge is 0.302 e. The van der Waals surface area contributed by atoms with Gasteiger partial charge in [-0.1, -0.05) is 91.7 Å². The Bertz CT molecular complexity index is 1250. The predicted octanol–water partition coefficient (Wildman–Crippen LogP) is 11.1. The molecule has 5 fully saturated rings. The molecule has 1 unspecified atom stereocenters. The van der Waals surface area contributed by atoms with Gasteiger partial charge in [0.15, 0.2) is 0 Å². The minimum absolute atomic E-state index is 0.0132. The lowest BCUT2D eigenvalue weighted by Gasteiger charge is -2.72. The summed E-state index contributed by atoms with van der Waals surface area (Å²) in [5, 5.41) is 12.2. The molecular weight excluding hydrogens is 604 g/mol. The average molecular weight is 677 g/mol. The summed E-state index contributed by atoms with van der Waals surface area (Å²) in [6, 6.07) is 2.24. The fraction of sp³-hybridized carbons (Fsp3) is 0.886. The van der Waals surface area contributed by atoms with Crippen LogP contribution in [0.5, 0.6) is 0 Å². The molecule has 10 atom stereocenters. The monoisotopic (exact) mass is 677 g/mol. The molecule has 0 spiro atoms. The van der Waals surface area contributed by atoms with E-state index in [4.69, 9.17) is 10.00 Å². The molecule has 49 heavy (non-hydrogen) atoms. The van der Waals surface area contributed by atoms with E-state index in [0.29, 0.717) is 41.9 Å². The molecule has 0 saturated heterocycles. The molecule has 5 aliphatic rings. The van der Waals surface area contributed by atoms with E-state index < -0.39 is 0 Å². The summed E-state index contributed by atoms with van der Waals surface area (Å²) in [4.78, 5) is 26.5. The van der Waals surface area contributed by atoms with Crippen LogP contribution in [0.2, 0.25) is 0 Å². The predicted molar refractivity (Wildman–Crippen MR) is 199 cm³/mol. The van der Waals surface area contributed by atoms with Crippen LogP contribution >= 0.6 is 0 Å². The van der Waals surface area contributed by atoms with Gasteiger partial charge in [0, 0.05) is 25.3 Å². The molecule has 0 radical (unpaired) electrons. The van der Waals surface area contributed by atoms with E-state index in [-0.39, 0.29) is 39.1 Å². The largest absolute Gasteiger partial charge is 0.462 e. The first kappa shape index (κ1) is 38.4. The van der Waals surface area contributed by atoms with E-state index in [9.17, 15) is 9.59 Å². The van der Waals surface area contributed by atoms with E-state index in [1.807, 2.05) is 0 Å². The average Bonchev–Trinajstić information content (AvgIpc) is 3.44. The number of carbonyl (C=O) groups is 2. The maximum atomic E-state index is 14.4. The van der Waals surface area contributed by atoms with Gasteiger partial charge in [0.25, 0.3) is 0 Å². The molecule has 5 aliphatic carbocycles. The number of amides is 1. The maximum absolute atomic E-state index is 14.4. The second-order valence-corrected chi connectivity index (χ2v) is 19.1. The number of allylic oxidation sites excluding steroid dienone is 1. The van der Waals surface area contributed by atoms with Crippen molar-refractivity contribution in [2.24, 2.45) is 56.7 Å². The van der Waals surface area contributed by atoms with Gasteiger partial charge in [-0.3, -0.25) is 9.59 Å². The van der Waals surface area contributed by atoms with Gasteiger partial charge >= 0.3 is 5.97 Å². The summed E-state index contributed by atoms with van der Waals surface area (Å²) in [5.41, 5.74) is 1.73. The number of carbonyl (C=O) groups excluding carboxylic acids is 2. The SMILES string of the molecule is C=C(C)[C@@H]1CC[C@]2(C(=O)NCCCCCCCCCCCC#N)CC[C@]3(C)[C@H](CCC4[C@@]5(C)CC[C@H](OC(C)=O)C(C)(C)[C@@H]5CC[C@]43C)[C@@H]12. The van der Waals surface area contributed by atoms with Crippen LogP contribution in [-0.2, 0) is 14.3 Å². The van der Waals surface area contributed by atoms with Crippen molar-refractivity contribution in [1.29, 1.82) is 5.26 Å². The number of nitrogens with one attached hydrogen (secondary N) is 1. The molecule has 5 rings (SSSR count). The number of nitrogens with zero attached hydrogens (tertiary/aromatic N) is 1. The Hall–Kier alpha value is -1.83. The number of hydrogen-bond acceptors (Lipinski definition) is 4. The zero-order valence-electron chi connectivity index (χ0n) is 32.7. The van der Waals surface area contributed by atoms with E-state index in [1.54, 1.807) is 6.92 Å². The minimum atomic E-state index is -0.242. The van der Waals surface area contributed by atoms with Crippen molar-refractivity contribution in [1.82, 2.24) is 5.32 Å². The fourth-order valence-corrected chi connectivity index (χ4v) is 13.9. The number of unbranched alkanes of at least 4 members (excludes halogenated alkanes) is 9. The van der Waals surface area contributed by atoms with Crippen molar-refractivity contribution in [3.63, 3.8) is 0 Å². The molecule has 0 aliphatic heterocycles. The van der Waals surface area contributed by atoms with Crippen molar-refractivity contribution in [3.8, 4) is 6.07 Å². The van der Waals surface area contributed by atoms with Crippen molar-refractivity contribution in [3.05, 3.63) is 12.2 Å². The third kappa shape index (κ3) is 6.79. The topological polar surface area (TPSA) is 79.2 Å². The Kier molecular flexibility index (Phi) is 11.8. The summed E-state index contributed by atoms with van der Waals surface area (Å²) in [6.45, 7) is 21.9. The highest BCUT2D eigenvalue weighted by Gasteiger charge is 2.72. The lowest BCUT2D eigenvalue weighted by Crippen LogP contribution is -2.67. The molecule has 0 bridgehead atoms. The summed E-state index contributed by atoms with van der Waals surface area (Å²) in [7, 11) is 0. The Morgan fingerprint density at radius 3 is 2.04 bits per heavy atom. The number of fused-ring (bicyclic) bond motifs is 7. The normalized spacial score (nSPS) is 40.5. The Morgan fingerprint density at radius 1 is 0.755 bits per heavy atom. The highest BCUT2D eigenvalue weighted by molar-refractivity contribution is 5.84. The minimum Gasteiger partial charge on any atom is -0.462 e. The molecule has 276 valence electrons. The number of rotatable bonds is 14. The van der Waals surface area contributed by atoms with Gasteiger partial charge in [-0.2, -0.15) is 5.26 Å². The van der Waals surface area contributed by atoms with Crippen LogP contribution in [0.3, 0.4) is 0 Å². The molecule has 5 nitrogen and oxygen atoms in total. The number of nitriles is 1. The third-order valence-corrected chi connectivity index (χ3v) is 16.5. The summed E-state index contributed by atoms with van der Waals surface area (Å²) < 4.78 is 5.96. The molecule has 1 N–H and O–H groups in total. The zero-order valence-corrected chi connectivity index (χ0v) is 32.7. The quantitative estimate of drug-likeness (QED) is 0.113. The van der Waals surface area contributed by atoms with E-state index in [0.717, 1.165) is 57.9 Å². The van der Waals surface area contributed by atoms with Crippen LogP contribution in [-0.4, -0.2) is 24.5 Å². The van der Waals surface area contributed by atoms with Crippen LogP contribution < -0.4 is 5.32 Å². The summed E-state index contributed by atoms with van der Waals surface area (Å²) >= 11 is 0. The van der Waals surface area contributed by atoms with E-state index >= 15 is 0 Å². The van der Waals surface area contributed by atoms with Gasteiger partial charge < -0.3 is 10.1 Å². The van der Waals surface area contributed by atoms with Crippen LogP contribution in [0.25, 0.3) is 0 Å². The molecule has 0 aromatic carbocycles. The van der Waals surface area contributed by atoms with E-state index in [2.05, 4.69) is 59.5 Å². The maximum Gasteiger partial charge on any atom is 0.302 e. The molecular formula is C44H72N2O3. The number of hydrogen-bond donors (Lipinski definition) is 1. The van der Waals surface area contributed by atoms with Crippen molar-refractivity contribution >= 4 is 11.9 Å². The first-order valence-corrected chi connectivity index (χ1v) is 20.7. The third-order valence-electron chi connectivity index (χ3n) is 16.5. The Balaban J connectivity index is 1.25. The standard InChI is InChI=1S/C44H72N2O3/c1-31(2)33-21-26-44(39(48)46-30-18-16-14-12-10-9-11-13-15-17-29-45)28-27-42(7)34(38(33)44)19-20-36-41(6)24-23-37(49-32(3)47)40(4,5)35(41)22-25-43(36,42)8/h33-38H,1,9-28,30H2,2-8H3,(H,46,48)/t33-,34+,35-,36?,37-,38+,41-,42+,43+,44-/m0/s1. The van der Waals surface area contributed by atoms with Gasteiger partial charge in [-0.15, -0.1) is 0 Å². The highest BCUT2D eigenvalue weighted by Crippen LogP contribution is 2.77. The van der Waals surface area contributed by atoms with Crippen molar-refractivity contribution in [2.75, 3.05) is 6.54 Å². The molecule has 0 aromatic rings. The number of ether oxygens (including phenoxy) is 1. The van der Waals surface area contributed by atoms with Gasteiger partial charge in [0.1, 0.15) is 6.10 Å². The Morgan fingerprint density at radius 2 is 1.41 bits per heavy atom. The van der Waals surface area contributed by atoms with Crippen LogP contribution in [0.1, 0.15) is 177 Å². The molecule has 0 heterocycles. The zero-order chi connectivity index (χ0) is 35.7. The number of esters is 1. The molecule has 5 saturated carbocycles. The van der Waals surface area contributed by atoms with Gasteiger partial charge in [-0.25, -0.2) is 0 Å². The molecule has 5 heteroatoms. The second kappa shape index (κ2) is 15.0. The first-order valence-electron chi connectivity index (χ1n) is 20.7. The summed E-state index contributed by atoms with van der Waals surface area (Å²) in [5.74, 6) is 2.83. The van der Waals surface area contributed by atoms with E-state index in [1.165, 1.54) is 76.2 Å². The first-order chi connectivity index (χ1) is 23.2. The van der Waals surface area contributed by atoms with Gasteiger partial charge in [0.2, 0.25) is 5.91 Å². The van der Waals surface area contributed by atoms with Crippen LogP contribution in [0.15, 0.2) is 12.2 Å². The van der Waals surface area contributed by atoms with Crippen LogP contribution in [0.4, 0.5) is 0 Å². The van der Waals surface area contributed by atoms with Crippen LogP contribution in [0, 0.1) is 68.0 Å². The fourth-order valence-electron chi connectivity index (χ4n) is 13.9. The highest BCUT2D eigenvalue weighted by atomic mass is 16.5. The molecule has 1 amide bonds. The second-order valence-electron chi connectivity index (χ2n) is 19.1. The Labute approximate surface area is 300 Å². The molecule has 0 aromatic heterocycles. The summed E-state index contributed by atoms with van der Waals surface area (Å²) in [6.07, 6.45) is 22.9. The van der Waals surface area contributed by atoms with Gasteiger partial charge in [-0.05, 0) is 130 Å². The van der Waals surface area contributed by atoms with Crippen molar-refractivity contribution in [2.45, 2.75) is 183 Å². The lowest BCUT2D eigenvalue weighted by molar-refractivity contribution is -0.248. The van der Waals surface area contributed by atoms with Crippen molar-refractivity contribution < 1.29 is 14.3 Å². The van der Waals surface area contributed by atoms with Gasteiger partial charge in [0.05, 0.1) is 11.5 Å².